The molecule has 3 unspecified atom stereocenters. The number of aromatic nitrogens is 1. The van der Waals surface area contributed by atoms with Crippen molar-refractivity contribution in [1.82, 2.24) is 20.9 Å². The molecule has 1 aromatic rings. The molecule has 206 valence electrons. The number of allylic oxidation sites excluding steroid dienone is 1. The van der Waals surface area contributed by atoms with Gasteiger partial charge in [0.25, 0.3) is 5.91 Å². The number of pyridine rings is 1. The molecular weight excluding hydrogens is 534 g/mol. The molecule has 0 saturated heterocycles. The number of hydrogen-bond acceptors (Lipinski definition) is 8. The van der Waals surface area contributed by atoms with Crippen molar-refractivity contribution in [2.24, 2.45) is 11.3 Å². The van der Waals surface area contributed by atoms with Crippen LogP contribution in [0, 0.1) is 28.6 Å². The minimum Gasteiger partial charge on any atom is -0.433 e. The standard InChI is InChI=1S/C24H27ClF2N6O2S.C2H6/c1-13(36-20(28)4-3-14-9-24(14)5-6-24)33-22(34)16-8-21(32-12-29-2)31-10-17(16)15-7-19(25)30-11-18(15)35-23(26)27;1-2/h7-8,10-11,13-14,19,23,28-30H,5-6,9,12H2,1-2H3,(H,31,32)(H,33,34);1-2H3. The number of nitrogens with one attached hydrogen (secondary N) is 5. The Morgan fingerprint density at radius 3 is 2.79 bits per heavy atom. The summed E-state index contributed by atoms with van der Waals surface area (Å²) >= 11 is 7.30. The largest absolute Gasteiger partial charge is 0.433 e. The Morgan fingerprint density at radius 2 is 2.16 bits per heavy atom. The molecule has 4 rings (SSSR count). The lowest BCUT2D eigenvalue weighted by molar-refractivity contribution is -0.0914. The lowest BCUT2D eigenvalue weighted by Crippen LogP contribution is -2.32. The maximum absolute atomic E-state index is 13.3. The van der Waals surface area contributed by atoms with Crippen molar-refractivity contribution in [3.8, 4) is 11.8 Å². The summed E-state index contributed by atoms with van der Waals surface area (Å²) < 4.78 is 30.7. The Hall–Kier alpha value is -2.81. The van der Waals surface area contributed by atoms with Crippen LogP contribution >= 0.6 is 23.4 Å². The Morgan fingerprint density at radius 1 is 1.42 bits per heavy atom. The highest BCUT2D eigenvalue weighted by Crippen LogP contribution is 2.70. The van der Waals surface area contributed by atoms with Gasteiger partial charge in [-0.05, 0) is 56.7 Å². The molecule has 8 nitrogen and oxygen atoms in total. The molecule has 1 aromatic heterocycles. The molecule has 2 aliphatic carbocycles. The molecule has 1 amide bonds. The number of carbonyl (C=O) groups is 1. The second-order valence-electron chi connectivity index (χ2n) is 8.81. The Labute approximate surface area is 231 Å². The van der Waals surface area contributed by atoms with Crippen molar-refractivity contribution in [2.75, 3.05) is 19.0 Å². The topological polar surface area (TPSA) is 111 Å². The molecule has 2 saturated carbocycles. The van der Waals surface area contributed by atoms with Gasteiger partial charge < -0.3 is 26.0 Å². The zero-order valence-electron chi connectivity index (χ0n) is 21.8. The molecule has 38 heavy (non-hydrogen) atoms. The molecule has 1 aliphatic heterocycles. The van der Waals surface area contributed by atoms with Gasteiger partial charge in [-0.2, -0.15) is 8.78 Å². The molecule has 12 heteroatoms. The van der Waals surface area contributed by atoms with Gasteiger partial charge in [0.05, 0.1) is 17.6 Å². The summed E-state index contributed by atoms with van der Waals surface area (Å²) in [7, 11) is 1.75. The highest BCUT2D eigenvalue weighted by molar-refractivity contribution is 8.14. The lowest BCUT2D eigenvalue weighted by atomic mass is 9.98. The fraction of sp³-hybridized carbons (Fsp3) is 0.500. The smallest absolute Gasteiger partial charge is 0.387 e. The summed E-state index contributed by atoms with van der Waals surface area (Å²) in [6.45, 7) is 3.08. The van der Waals surface area contributed by atoms with Crippen LogP contribution in [0.2, 0.25) is 0 Å². The van der Waals surface area contributed by atoms with Gasteiger partial charge in [0.1, 0.15) is 22.1 Å². The molecule has 1 spiro atoms. The molecule has 3 atom stereocenters. The first kappa shape index (κ1) is 29.7. The van der Waals surface area contributed by atoms with E-state index in [0.717, 1.165) is 18.2 Å². The van der Waals surface area contributed by atoms with E-state index in [1.165, 1.54) is 37.4 Å². The fourth-order valence-corrected chi connectivity index (χ4v) is 4.80. The van der Waals surface area contributed by atoms with Crippen LogP contribution in [-0.2, 0) is 4.74 Å². The first-order chi connectivity index (χ1) is 18.2. The second-order valence-corrected chi connectivity index (χ2v) is 10.6. The molecule has 2 fully saturated rings. The van der Waals surface area contributed by atoms with E-state index in [1.54, 1.807) is 14.0 Å². The third-order valence-corrected chi connectivity index (χ3v) is 7.19. The summed E-state index contributed by atoms with van der Waals surface area (Å²) in [5, 5.41) is 19.4. The van der Waals surface area contributed by atoms with E-state index in [4.69, 9.17) is 17.0 Å². The average Bonchev–Trinajstić information content (AvgIpc) is 3.81. The number of amides is 1. The maximum Gasteiger partial charge on any atom is 0.387 e. The van der Waals surface area contributed by atoms with Gasteiger partial charge in [-0.1, -0.05) is 43.1 Å². The number of halogens is 3. The normalized spacial score (nSPS) is 20.8. The highest BCUT2D eigenvalue weighted by atomic mass is 35.5. The van der Waals surface area contributed by atoms with Crippen molar-refractivity contribution in [3.05, 3.63) is 41.4 Å². The lowest BCUT2D eigenvalue weighted by Gasteiger charge is -2.22. The van der Waals surface area contributed by atoms with Crippen LogP contribution in [0.5, 0.6) is 0 Å². The van der Waals surface area contributed by atoms with Crippen LogP contribution < -0.4 is 21.3 Å². The first-order valence-electron chi connectivity index (χ1n) is 12.4. The zero-order valence-corrected chi connectivity index (χ0v) is 23.3. The minimum absolute atomic E-state index is 0.165. The molecule has 2 heterocycles. The van der Waals surface area contributed by atoms with Crippen molar-refractivity contribution in [1.29, 1.82) is 5.41 Å². The minimum atomic E-state index is -3.07. The fourth-order valence-electron chi connectivity index (χ4n) is 3.97. The van der Waals surface area contributed by atoms with Crippen LogP contribution in [0.25, 0.3) is 5.57 Å². The van der Waals surface area contributed by atoms with Gasteiger partial charge in [0, 0.05) is 29.5 Å². The number of nitrogens with zero attached hydrogens (tertiary/aromatic N) is 1. The highest BCUT2D eigenvalue weighted by Gasteiger charge is 2.62. The molecule has 0 bridgehead atoms. The van der Waals surface area contributed by atoms with Crippen molar-refractivity contribution < 1.29 is 18.3 Å². The number of carbonyl (C=O) groups excluding carboxylic acids is 1. The second kappa shape index (κ2) is 13.3. The maximum atomic E-state index is 13.3. The van der Waals surface area contributed by atoms with Gasteiger partial charge >= 0.3 is 6.61 Å². The number of alkyl halides is 3. The van der Waals surface area contributed by atoms with Crippen molar-refractivity contribution >= 4 is 45.7 Å². The van der Waals surface area contributed by atoms with Gasteiger partial charge in [-0.15, -0.1) is 0 Å². The van der Waals surface area contributed by atoms with E-state index < -0.39 is 23.4 Å². The van der Waals surface area contributed by atoms with E-state index in [0.29, 0.717) is 23.8 Å². The predicted molar refractivity (Wildman–Crippen MR) is 149 cm³/mol. The van der Waals surface area contributed by atoms with Crippen LogP contribution in [0.3, 0.4) is 0 Å². The Bertz CT molecular complexity index is 1160. The van der Waals surface area contributed by atoms with E-state index in [-0.39, 0.29) is 27.5 Å². The van der Waals surface area contributed by atoms with E-state index >= 15 is 0 Å². The van der Waals surface area contributed by atoms with Gasteiger partial charge in [-0.25, -0.2) is 4.98 Å². The summed E-state index contributed by atoms with van der Waals surface area (Å²) in [4.78, 5) is 17.6. The number of rotatable bonds is 9. The van der Waals surface area contributed by atoms with Crippen LogP contribution in [0.1, 0.15) is 56.0 Å². The average molecular weight is 567 g/mol. The first-order valence-corrected chi connectivity index (χ1v) is 13.8. The van der Waals surface area contributed by atoms with Crippen LogP contribution in [-0.4, -0.2) is 47.1 Å². The molecule has 3 aliphatic rings. The predicted octanol–water partition coefficient (Wildman–Crippen LogP) is 4.92. The van der Waals surface area contributed by atoms with E-state index in [2.05, 4.69) is 42.8 Å². The van der Waals surface area contributed by atoms with E-state index in [1.807, 2.05) is 13.8 Å². The van der Waals surface area contributed by atoms with Crippen LogP contribution in [0.15, 0.2) is 30.3 Å². The summed E-state index contributed by atoms with van der Waals surface area (Å²) in [6.07, 6.45) is 7.70. The number of anilines is 1. The summed E-state index contributed by atoms with van der Waals surface area (Å²) in [5.41, 5.74) is 0.420. The van der Waals surface area contributed by atoms with Crippen molar-refractivity contribution in [2.45, 2.75) is 57.5 Å². The molecular formula is C26H33ClF2N6O2S. The number of hydrogen-bond donors (Lipinski definition) is 5. The number of ether oxygens (including phenoxy) is 1. The Balaban J connectivity index is 0.00000195. The molecule has 5 N–H and O–H groups in total. The molecule has 0 radical (unpaired) electrons. The SMILES string of the molecule is CC.CNCNc1cc(C(=O)NC(C)SC(=N)C#CC2CC23CC3)c(C2=CC(Cl)NC=C2OC(F)F)cn1. The molecule has 0 aromatic carbocycles. The van der Waals surface area contributed by atoms with Crippen LogP contribution in [0.4, 0.5) is 14.6 Å². The van der Waals surface area contributed by atoms with Gasteiger partial charge in [0.15, 0.2) is 0 Å². The van der Waals surface area contributed by atoms with Gasteiger partial charge in [0.2, 0.25) is 0 Å². The zero-order chi connectivity index (χ0) is 27.9. The quantitative estimate of drug-likeness (QED) is 0.0720. The number of dihydropyridines is 1. The third-order valence-electron chi connectivity index (χ3n) is 6.12. The third kappa shape index (κ3) is 7.85. The monoisotopic (exact) mass is 566 g/mol. The van der Waals surface area contributed by atoms with Crippen molar-refractivity contribution in [3.63, 3.8) is 0 Å². The van der Waals surface area contributed by atoms with Gasteiger partial charge in [-0.3, -0.25) is 10.2 Å². The summed E-state index contributed by atoms with van der Waals surface area (Å²) in [5.74, 6) is 6.24. The van der Waals surface area contributed by atoms with E-state index in [9.17, 15) is 13.6 Å². The Kier molecular flexibility index (Phi) is 10.4. The summed E-state index contributed by atoms with van der Waals surface area (Å²) in [6, 6.07) is 1.53. The number of thioether (sulfide) groups is 1.